The highest BCUT2D eigenvalue weighted by Crippen LogP contribution is 2.21. The van der Waals surface area contributed by atoms with Crippen LogP contribution in [0.3, 0.4) is 0 Å². The van der Waals surface area contributed by atoms with E-state index in [1.165, 1.54) is 12.1 Å². The second kappa shape index (κ2) is 5.34. The average Bonchev–Trinajstić information content (AvgIpc) is 2.33. The summed E-state index contributed by atoms with van der Waals surface area (Å²) in [6, 6.07) is 6.49. The molecule has 0 bridgehead atoms. The molecule has 2 N–H and O–H groups in total. The number of benzene rings is 1. The molecule has 1 saturated heterocycles. The molecule has 4 heteroatoms. The number of β-amino-alcohol motifs (C(OH)–C–C–N with tert-alkyl or cyclic N) is 1. The first kappa shape index (κ1) is 13.5. The number of hydrogen-bond acceptors (Lipinski definition) is 3. The fraction of sp³-hybridized carbons (Fsp3) is 0.571. The Kier molecular flexibility index (Phi) is 4.00. The largest absolute Gasteiger partial charge is 0.389 e. The van der Waals surface area contributed by atoms with Crippen molar-refractivity contribution in [2.24, 2.45) is 0 Å². The van der Waals surface area contributed by atoms with Crippen LogP contribution in [-0.4, -0.2) is 46.5 Å². The zero-order valence-corrected chi connectivity index (χ0v) is 10.6. The van der Waals surface area contributed by atoms with Crippen molar-refractivity contribution in [3.8, 4) is 0 Å². The van der Waals surface area contributed by atoms with Crippen molar-refractivity contribution in [1.82, 2.24) is 4.90 Å². The zero-order chi connectivity index (χ0) is 13.2. The van der Waals surface area contributed by atoms with Gasteiger partial charge in [-0.15, -0.1) is 0 Å². The van der Waals surface area contributed by atoms with E-state index in [4.69, 9.17) is 0 Å². The van der Waals surface area contributed by atoms with Crippen molar-refractivity contribution in [3.05, 3.63) is 35.6 Å². The van der Waals surface area contributed by atoms with Gasteiger partial charge in [-0.25, -0.2) is 4.39 Å². The quantitative estimate of drug-likeness (QED) is 0.850. The first-order valence-electron chi connectivity index (χ1n) is 6.34. The highest BCUT2D eigenvalue weighted by molar-refractivity contribution is 5.16. The Bertz CT molecular complexity index is 391. The molecule has 100 valence electrons. The maximum Gasteiger partial charge on any atom is 0.123 e. The predicted molar refractivity (Wildman–Crippen MR) is 67.8 cm³/mol. The summed E-state index contributed by atoms with van der Waals surface area (Å²) in [5, 5.41) is 19.7. The van der Waals surface area contributed by atoms with Crippen LogP contribution in [0.2, 0.25) is 0 Å². The van der Waals surface area contributed by atoms with E-state index in [0.717, 1.165) is 25.1 Å². The molecule has 0 radical (unpaired) electrons. The van der Waals surface area contributed by atoms with Crippen LogP contribution >= 0.6 is 0 Å². The van der Waals surface area contributed by atoms with E-state index in [9.17, 15) is 14.6 Å². The third-order valence-electron chi connectivity index (χ3n) is 3.71. The Hall–Kier alpha value is -0.970. The van der Waals surface area contributed by atoms with Gasteiger partial charge in [0, 0.05) is 19.6 Å². The van der Waals surface area contributed by atoms with Gasteiger partial charge in [-0.2, -0.15) is 0 Å². The second-order valence-corrected chi connectivity index (χ2v) is 5.30. The number of likely N-dealkylation sites (tertiary alicyclic amines) is 1. The third-order valence-corrected chi connectivity index (χ3v) is 3.71. The average molecular weight is 253 g/mol. The molecule has 2 atom stereocenters. The number of rotatable bonds is 3. The van der Waals surface area contributed by atoms with Crippen LogP contribution in [0.15, 0.2) is 24.3 Å². The molecule has 1 heterocycles. The summed E-state index contributed by atoms with van der Waals surface area (Å²) in [6.45, 7) is 3.77. The zero-order valence-electron chi connectivity index (χ0n) is 10.6. The van der Waals surface area contributed by atoms with E-state index in [0.29, 0.717) is 13.0 Å². The van der Waals surface area contributed by atoms with Crippen LogP contribution < -0.4 is 0 Å². The van der Waals surface area contributed by atoms with E-state index in [-0.39, 0.29) is 5.82 Å². The van der Waals surface area contributed by atoms with Gasteiger partial charge in [0.2, 0.25) is 0 Å². The monoisotopic (exact) mass is 253 g/mol. The second-order valence-electron chi connectivity index (χ2n) is 5.30. The molecule has 0 aromatic heterocycles. The molecule has 1 aromatic carbocycles. The van der Waals surface area contributed by atoms with Gasteiger partial charge >= 0.3 is 0 Å². The summed E-state index contributed by atoms with van der Waals surface area (Å²) in [5.74, 6) is -0.219. The molecule has 1 aliphatic rings. The molecular formula is C14H20FNO2. The normalized spacial score (nSPS) is 29.4. The SMILES string of the molecule is C[C@@]1(O)CCN(CCc2ccc(F)cc2)C[C@@H]1O. The van der Waals surface area contributed by atoms with Gasteiger partial charge in [-0.1, -0.05) is 12.1 Å². The molecule has 18 heavy (non-hydrogen) atoms. The van der Waals surface area contributed by atoms with E-state index in [2.05, 4.69) is 4.90 Å². The first-order valence-corrected chi connectivity index (χ1v) is 6.34. The molecule has 1 aromatic rings. The van der Waals surface area contributed by atoms with Gasteiger partial charge in [-0.05, 0) is 37.5 Å². The van der Waals surface area contributed by atoms with Crippen molar-refractivity contribution in [2.45, 2.75) is 31.5 Å². The fourth-order valence-electron chi connectivity index (χ4n) is 2.22. The summed E-state index contributed by atoms with van der Waals surface area (Å²) in [6.07, 6.45) is 0.715. The topological polar surface area (TPSA) is 43.7 Å². The number of aliphatic hydroxyl groups is 2. The highest BCUT2D eigenvalue weighted by Gasteiger charge is 2.35. The Labute approximate surface area is 107 Å². The van der Waals surface area contributed by atoms with Gasteiger partial charge < -0.3 is 15.1 Å². The van der Waals surface area contributed by atoms with Crippen LogP contribution in [0, 0.1) is 5.82 Å². The standard InChI is InChI=1S/C14H20FNO2/c1-14(18)7-9-16(10-13(14)17)8-6-11-2-4-12(15)5-3-11/h2-5,13,17-18H,6-10H2,1H3/t13-,14+/m0/s1. The number of nitrogens with zero attached hydrogens (tertiary/aromatic N) is 1. The number of piperidine rings is 1. The summed E-state index contributed by atoms with van der Waals surface area (Å²) in [7, 11) is 0. The first-order chi connectivity index (χ1) is 8.47. The predicted octanol–water partition coefficient (Wildman–Crippen LogP) is 1.19. The van der Waals surface area contributed by atoms with Gasteiger partial charge in [0.1, 0.15) is 5.82 Å². The minimum Gasteiger partial charge on any atom is -0.389 e. The molecule has 2 rings (SSSR count). The molecule has 0 spiro atoms. The van der Waals surface area contributed by atoms with Gasteiger partial charge in [0.15, 0.2) is 0 Å². The van der Waals surface area contributed by atoms with Gasteiger partial charge in [0.05, 0.1) is 11.7 Å². The summed E-state index contributed by atoms with van der Waals surface area (Å²) >= 11 is 0. The van der Waals surface area contributed by atoms with Crippen molar-refractivity contribution >= 4 is 0 Å². The van der Waals surface area contributed by atoms with Gasteiger partial charge in [0.25, 0.3) is 0 Å². The lowest BCUT2D eigenvalue weighted by Crippen LogP contribution is -2.54. The lowest BCUT2D eigenvalue weighted by atomic mass is 9.90. The minimum absolute atomic E-state index is 0.219. The maximum atomic E-state index is 12.7. The summed E-state index contributed by atoms with van der Waals surface area (Å²) < 4.78 is 12.7. The van der Waals surface area contributed by atoms with Crippen molar-refractivity contribution in [3.63, 3.8) is 0 Å². The number of aliphatic hydroxyl groups excluding tert-OH is 1. The third kappa shape index (κ3) is 3.28. The number of halogens is 1. The van der Waals surface area contributed by atoms with Crippen LogP contribution in [0.25, 0.3) is 0 Å². The Morgan fingerprint density at radius 3 is 2.67 bits per heavy atom. The molecule has 1 aliphatic heterocycles. The minimum atomic E-state index is -0.966. The molecule has 0 saturated carbocycles. The Morgan fingerprint density at radius 1 is 1.39 bits per heavy atom. The summed E-state index contributed by atoms with van der Waals surface area (Å²) in [5.41, 5.74) is 0.120. The molecule has 3 nitrogen and oxygen atoms in total. The van der Waals surface area contributed by atoms with Crippen LogP contribution in [0.1, 0.15) is 18.9 Å². The van der Waals surface area contributed by atoms with Crippen molar-refractivity contribution in [2.75, 3.05) is 19.6 Å². The molecular weight excluding hydrogens is 233 g/mol. The van der Waals surface area contributed by atoms with Crippen LogP contribution in [0.4, 0.5) is 4.39 Å². The van der Waals surface area contributed by atoms with Crippen molar-refractivity contribution in [1.29, 1.82) is 0 Å². The van der Waals surface area contributed by atoms with Gasteiger partial charge in [-0.3, -0.25) is 0 Å². The lowest BCUT2D eigenvalue weighted by molar-refractivity contribution is -0.106. The smallest absolute Gasteiger partial charge is 0.123 e. The lowest BCUT2D eigenvalue weighted by Gasteiger charge is -2.39. The van der Waals surface area contributed by atoms with Crippen LogP contribution in [0.5, 0.6) is 0 Å². The molecule has 0 aliphatic carbocycles. The molecule has 0 unspecified atom stereocenters. The fourth-order valence-corrected chi connectivity index (χ4v) is 2.22. The molecule has 1 fully saturated rings. The Morgan fingerprint density at radius 2 is 2.06 bits per heavy atom. The van der Waals surface area contributed by atoms with E-state index in [1.54, 1.807) is 19.1 Å². The van der Waals surface area contributed by atoms with Crippen molar-refractivity contribution < 1.29 is 14.6 Å². The van der Waals surface area contributed by atoms with Crippen LogP contribution in [-0.2, 0) is 6.42 Å². The highest BCUT2D eigenvalue weighted by atomic mass is 19.1. The summed E-state index contributed by atoms with van der Waals surface area (Å²) in [4.78, 5) is 2.13. The Balaban J connectivity index is 1.83. The van der Waals surface area contributed by atoms with E-state index >= 15 is 0 Å². The molecule has 0 amide bonds. The van der Waals surface area contributed by atoms with E-state index in [1.807, 2.05) is 0 Å². The number of hydrogen-bond donors (Lipinski definition) is 2. The maximum absolute atomic E-state index is 12.7. The van der Waals surface area contributed by atoms with E-state index < -0.39 is 11.7 Å².